The zero-order valence-electron chi connectivity index (χ0n) is 10.7. The number of nitrogens with two attached hydrogens (primary N) is 1. The Balaban J connectivity index is 3.28. The fourth-order valence-corrected chi connectivity index (χ4v) is 1.67. The van der Waals surface area contributed by atoms with Gasteiger partial charge in [0, 0.05) is 0 Å². The van der Waals surface area contributed by atoms with Crippen molar-refractivity contribution in [3.63, 3.8) is 0 Å². The van der Waals surface area contributed by atoms with E-state index < -0.39 is 18.4 Å². The second kappa shape index (κ2) is 5.64. The molecule has 0 aliphatic rings. The van der Waals surface area contributed by atoms with E-state index in [1.165, 1.54) is 33.3 Å². The lowest BCUT2D eigenvalue weighted by Crippen LogP contribution is -2.39. The molecular weight excluding hydrogens is 266 g/mol. The van der Waals surface area contributed by atoms with E-state index in [0.717, 1.165) is 0 Å². The van der Waals surface area contributed by atoms with Gasteiger partial charge in [-0.05, 0) is 30.2 Å². The van der Waals surface area contributed by atoms with Gasteiger partial charge in [0.1, 0.15) is 6.04 Å². The van der Waals surface area contributed by atoms with Crippen LogP contribution in [-0.4, -0.2) is 26.6 Å². The van der Waals surface area contributed by atoms with Gasteiger partial charge in [-0.3, -0.25) is 0 Å². The summed E-state index contributed by atoms with van der Waals surface area (Å²) in [5, 5.41) is 0. The van der Waals surface area contributed by atoms with Gasteiger partial charge >= 0.3 is 12.3 Å². The summed E-state index contributed by atoms with van der Waals surface area (Å²) < 4.78 is 61.1. The predicted molar refractivity (Wildman–Crippen MR) is 62.2 cm³/mol. The molecule has 0 saturated carbocycles. The monoisotopic (exact) mass is 281 g/mol. The lowest BCUT2D eigenvalue weighted by Gasteiger charge is -2.25. The summed E-state index contributed by atoms with van der Waals surface area (Å²) in [6.45, 7) is 1.48. The normalized spacial score (nSPS) is 13.5. The van der Waals surface area contributed by atoms with E-state index in [2.05, 4.69) is 0 Å². The maximum Gasteiger partial charge on any atom is 0.326 e. The van der Waals surface area contributed by atoms with Gasteiger partial charge in [-0.25, -0.2) is 8.78 Å². The minimum Gasteiger partial charge on any atom is -0.493 e. The summed E-state index contributed by atoms with van der Waals surface area (Å²) in [7, 11) is 2.69. The summed E-state index contributed by atoms with van der Waals surface area (Å²) in [5.41, 5.74) is 5.48. The highest BCUT2D eigenvalue weighted by molar-refractivity contribution is 5.48. The van der Waals surface area contributed by atoms with Crippen molar-refractivity contribution >= 4 is 0 Å². The summed E-state index contributed by atoms with van der Waals surface area (Å²) >= 11 is 0. The van der Waals surface area contributed by atoms with E-state index in [0.29, 0.717) is 11.3 Å². The first kappa shape index (κ1) is 15.6. The highest BCUT2D eigenvalue weighted by atomic mass is 19.3. The van der Waals surface area contributed by atoms with E-state index >= 15 is 0 Å². The molecule has 0 fully saturated rings. The molecule has 0 heterocycles. The Hall–Kier alpha value is -1.50. The molecule has 2 N–H and O–H groups in total. The van der Waals surface area contributed by atoms with E-state index in [1.807, 2.05) is 0 Å². The third-order valence-electron chi connectivity index (χ3n) is 2.81. The Labute approximate surface area is 108 Å². The summed E-state index contributed by atoms with van der Waals surface area (Å²) in [5.74, 6) is -3.84. The maximum absolute atomic E-state index is 13.3. The predicted octanol–water partition coefficient (Wildman–Crippen LogP) is 2.91. The van der Waals surface area contributed by atoms with Gasteiger partial charge in [0.05, 0.1) is 14.2 Å². The van der Waals surface area contributed by atoms with Crippen LogP contribution in [0, 0.1) is 6.92 Å². The van der Waals surface area contributed by atoms with Gasteiger partial charge in [0.15, 0.2) is 11.5 Å². The van der Waals surface area contributed by atoms with E-state index in [-0.39, 0.29) is 11.3 Å². The van der Waals surface area contributed by atoms with Gasteiger partial charge < -0.3 is 15.2 Å². The molecule has 0 aliphatic carbocycles. The number of halogens is 4. The number of alkyl halides is 4. The fraction of sp³-hybridized carbons (Fsp3) is 0.500. The Morgan fingerprint density at radius 2 is 1.58 bits per heavy atom. The van der Waals surface area contributed by atoms with Crippen molar-refractivity contribution in [3.8, 4) is 11.5 Å². The average Bonchev–Trinajstić information content (AvgIpc) is 2.37. The molecule has 0 radical (unpaired) electrons. The molecule has 1 aromatic rings. The lowest BCUT2D eigenvalue weighted by atomic mass is 9.96. The smallest absolute Gasteiger partial charge is 0.326 e. The standard InChI is InChI=1S/C12H15F4NO2/c1-6-4-8(18-2)9(19-3)5-7(6)10(17)12(15,16)11(13)14/h4-5,10-11H,17H2,1-3H3. The Morgan fingerprint density at radius 3 is 2.00 bits per heavy atom. The maximum atomic E-state index is 13.3. The molecule has 1 rings (SSSR count). The first-order valence-electron chi connectivity index (χ1n) is 5.39. The average molecular weight is 281 g/mol. The van der Waals surface area contributed by atoms with Crippen LogP contribution in [0.4, 0.5) is 17.6 Å². The molecule has 108 valence electrons. The van der Waals surface area contributed by atoms with Gasteiger partial charge in [0.2, 0.25) is 0 Å². The SMILES string of the molecule is COc1cc(C)c(C(N)C(F)(F)C(F)F)cc1OC. The number of aryl methyl sites for hydroxylation is 1. The number of benzene rings is 1. The molecule has 0 spiro atoms. The van der Waals surface area contributed by atoms with Crippen molar-refractivity contribution in [3.05, 3.63) is 23.3 Å². The molecule has 7 heteroatoms. The molecule has 0 aromatic heterocycles. The van der Waals surface area contributed by atoms with E-state index in [9.17, 15) is 17.6 Å². The van der Waals surface area contributed by atoms with Crippen molar-refractivity contribution in [2.75, 3.05) is 14.2 Å². The highest BCUT2D eigenvalue weighted by Crippen LogP contribution is 2.39. The van der Waals surface area contributed by atoms with Crippen molar-refractivity contribution in [1.82, 2.24) is 0 Å². The fourth-order valence-electron chi connectivity index (χ4n) is 1.67. The molecule has 0 bridgehead atoms. The number of hydrogen-bond acceptors (Lipinski definition) is 3. The van der Waals surface area contributed by atoms with Crippen molar-refractivity contribution in [2.45, 2.75) is 25.3 Å². The van der Waals surface area contributed by atoms with Crippen molar-refractivity contribution in [2.24, 2.45) is 5.73 Å². The molecule has 1 unspecified atom stereocenters. The topological polar surface area (TPSA) is 44.5 Å². The number of hydrogen-bond donors (Lipinski definition) is 1. The van der Waals surface area contributed by atoms with E-state index in [1.54, 1.807) is 0 Å². The summed E-state index contributed by atoms with van der Waals surface area (Å²) in [6.07, 6.45) is -3.84. The van der Waals surface area contributed by atoms with Gasteiger partial charge in [-0.15, -0.1) is 0 Å². The van der Waals surface area contributed by atoms with Crippen LogP contribution in [-0.2, 0) is 0 Å². The number of ether oxygens (including phenoxy) is 2. The van der Waals surface area contributed by atoms with Crippen LogP contribution >= 0.6 is 0 Å². The highest BCUT2D eigenvalue weighted by Gasteiger charge is 2.48. The van der Waals surface area contributed by atoms with Crippen molar-refractivity contribution in [1.29, 1.82) is 0 Å². The van der Waals surface area contributed by atoms with Gasteiger partial charge in [-0.2, -0.15) is 8.78 Å². The number of rotatable bonds is 5. The summed E-state index contributed by atoms with van der Waals surface area (Å²) in [6, 6.07) is 0.484. The Kier molecular flexibility index (Phi) is 4.62. The zero-order chi connectivity index (χ0) is 14.8. The summed E-state index contributed by atoms with van der Waals surface area (Å²) in [4.78, 5) is 0. The lowest BCUT2D eigenvalue weighted by molar-refractivity contribution is -0.144. The molecule has 19 heavy (non-hydrogen) atoms. The molecular formula is C12H15F4NO2. The molecule has 0 saturated heterocycles. The van der Waals surface area contributed by atoms with Crippen molar-refractivity contribution < 1.29 is 27.0 Å². The van der Waals surface area contributed by atoms with Crippen LogP contribution in [0.2, 0.25) is 0 Å². The first-order valence-corrected chi connectivity index (χ1v) is 5.39. The van der Waals surface area contributed by atoms with E-state index in [4.69, 9.17) is 15.2 Å². The molecule has 0 amide bonds. The molecule has 0 aliphatic heterocycles. The second-order valence-electron chi connectivity index (χ2n) is 4.02. The first-order chi connectivity index (χ1) is 8.75. The van der Waals surface area contributed by atoms with Crippen LogP contribution in [0.1, 0.15) is 17.2 Å². The minimum absolute atomic E-state index is 0.108. The third-order valence-corrected chi connectivity index (χ3v) is 2.81. The van der Waals surface area contributed by atoms with Crippen LogP contribution in [0.5, 0.6) is 11.5 Å². The van der Waals surface area contributed by atoms with Crippen LogP contribution in [0.25, 0.3) is 0 Å². The number of methoxy groups -OCH3 is 2. The second-order valence-corrected chi connectivity index (χ2v) is 4.02. The van der Waals surface area contributed by atoms with Crippen LogP contribution in [0.3, 0.4) is 0 Å². The largest absolute Gasteiger partial charge is 0.493 e. The zero-order valence-corrected chi connectivity index (χ0v) is 10.7. The Morgan fingerprint density at radius 1 is 1.11 bits per heavy atom. The van der Waals surface area contributed by atoms with Crippen LogP contribution < -0.4 is 15.2 Å². The molecule has 3 nitrogen and oxygen atoms in total. The minimum atomic E-state index is -4.32. The van der Waals surface area contributed by atoms with Gasteiger partial charge in [-0.1, -0.05) is 0 Å². The third kappa shape index (κ3) is 2.91. The quantitative estimate of drug-likeness (QED) is 0.844. The molecule has 1 aromatic carbocycles. The Bertz CT molecular complexity index is 452. The van der Waals surface area contributed by atoms with Crippen LogP contribution in [0.15, 0.2) is 12.1 Å². The van der Waals surface area contributed by atoms with Gasteiger partial charge in [0.25, 0.3) is 0 Å². The molecule has 1 atom stereocenters.